The Morgan fingerprint density at radius 2 is 2.11 bits per heavy atom. The zero-order valence-electron chi connectivity index (χ0n) is 11.1. The van der Waals surface area contributed by atoms with Crippen LogP contribution < -0.4 is 5.32 Å². The number of hydrogen-bond donors (Lipinski definition) is 1. The SMILES string of the molecule is COCCNCCCSc1ncnc2ccccc12. The van der Waals surface area contributed by atoms with E-state index in [9.17, 15) is 0 Å². The smallest absolute Gasteiger partial charge is 0.117 e. The molecular weight excluding hydrogens is 258 g/mol. The van der Waals surface area contributed by atoms with Crippen LogP contribution in [0.3, 0.4) is 0 Å². The number of para-hydroxylation sites is 1. The second kappa shape index (κ2) is 8.09. The van der Waals surface area contributed by atoms with Crippen LogP contribution in [0.5, 0.6) is 0 Å². The highest BCUT2D eigenvalue weighted by Gasteiger charge is 2.02. The molecule has 0 spiro atoms. The van der Waals surface area contributed by atoms with Crippen LogP contribution in [0.1, 0.15) is 6.42 Å². The van der Waals surface area contributed by atoms with Crippen LogP contribution in [0.2, 0.25) is 0 Å². The fraction of sp³-hybridized carbons (Fsp3) is 0.429. The van der Waals surface area contributed by atoms with Gasteiger partial charge in [0.2, 0.25) is 0 Å². The number of ether oxygens (including phenoxy) is 1. The van der Waals surface area contributed by atoms with E-state index < -0.39 is 0 Å². The Balaban J connectivity index is 1.78. The number of nitrogens with zero attached hydrogens (tertiary/aromatic N) is 2. The molecule has 0 saturated heterocycles. The molecule has 0 aliphatic rings. The lowest BCUT2D eigenvalue weighted by Crippen LogP contribution is -2.20. The first-order chi connectivity index (χ1) is 9.42. The topological polar surface area (TPSA) is 47.0 Å². The summed E-state index contributed by atoms with van der Waals surface area (Å²) in [6.45, 7) is 2.70. The highest BCUT2D eigenvalue weighted by molar-refractivity contribution is 7.99. The van der Waals surface area contributed by atoms with Gasteiger partial charge in [0.25, 0.3) is 0 Å². The molecule has 1 aromatic carbocycles. The number of thioether (sulfide) groups is 1. The fourth-order valence-electron chi connectivity index (χ4n) is 1.76. The molecule has 0 radical (unpaired) electrons. The molecule has 0 aliphatic heterocycles. The molecule has 0 unspecified atom stereocenters. The fourth-order valence-corrected chi connectivity index (χ4v) is 2.69. The predicted octanol–water partition coefficient (Wildman–Crippen LogP) is 2.35. The van der Waals surface area contributed by atoms with Crippen LogP contribution in [0, 0.1) is 0 Å². The first-order valence-corrected chi connectivity index (χ1v) is 7.42. The van der Waals surface area contributed by atoms with Crippen molar-refractivity contribution in [1.82, 2.24) is 15.3 Å². The Morgan fingerprint density at radius 3 is 3.00 bits per heavy atom. The zero-order chi connectivity index (χ0) is 13.3. The van der Waals surface area contributed by atoms with Gasteiger partial charge in [0.05, 0.1) is 12.1 Å². The molecule has 0 bridgehead atoms. The summed E-state index contributed by atoms with van der Waals surface area (Å²) in [5.41, 5.74) is 1.01. The second-order valence-corrected chi connectivity index (χ2v) is 5.22. The number of hydrogen-bond acceptors (Lipinski definition) is 5. The largest absolute Gasteiger partial charge is 0.383 e. The van der Waals surface area contributed by atoms with E-state index in [1.54, 1.807) is 25.2 Å². The third kappa shape index (κ3) is 4.45. The van der Waals surface area contributed by atoms with Gasteiger partial charge in [-0.3, -0.25) is 0 Å². The van der Waals surface area contributed by atoms with Gasteiger partial charge in [-0.25, -0.2) is 9.97 Å². The Bertz CT molecular complexity index is 502. The monoisotopic (exact) mass is 277 g/mol. The summed E-state index contributed by atoms with van der Waals surface area (Å²) in [4.78, 5) is 8.63. The zero-order valence-corrected chi connectivity index (χ0v) is 11.9. The molecule has 0 saturated carbocycles. The first kappa shape index (κ1) is 14.2. The number of methoxy groups -OCH3 is 1. The molecule has 2 aromatic rings. The number of rotatable bonds is 8. The van der Waals surface area contributed by atoms with Crippen LogP contribution in [0.25, 0.3) is 10.9 Å². The molecule has 2 rings (SSSR count). The van der Waals surface area contributed by atoms with E-state index in [1.807, 2.05) is 18.2 Å². The lowest BCUT2D eigenvalue weighted by Gasteiger charge is -2.05. The van der Waals surface area contributed by atoms with Crippen LogP contribution in [0.4, 0.5) is 0 Å². The van der Waals surface area contributed by atoms with Crippen molar-refractivity contribution in [1.29, 1.82) is 0 Å². The summed E-state index contributed by atoms with van der Waals surface area (Å²) in [5.74, 6) is 1.06. The molecule has 19 heavy (non-hydrogen) atoms. The maximum absolute atomic E-state index is 4.98. The van der Waals surface area contributed by atoms with Crippen molar-refractivity contribution in [3.05, 3.63) is 30.6 Å². The molecule has 1 N–H and O–H groups in total. The molecule has 0 amide bonds. The molecule has 0 aliphatic carbocycles. The first-order valence-electron chi connectivity index (χ1n) is 6.44. The average Bonchev–Trinajstić information content (AvgIpc) is 2.46. The molecular formula is C14H19N3OS. The number of fused-ring (bicyclic) bond motifs is 1. The van der Waals surface area contributed by atoms with E-state index in [0.29, 0.717) is 0 Å². The van der Waals surface area contributed by atoms with E-state index >= 15 is 0 Å². The summed E-state index contributed by atoms with van der Waals surface area (Å²) in [6.07, 6.45) is 2.76. The lowest BCUT2D eigenvalue weighted by molar-refractivity contribution is 0.199. The average molecular weight is 277 g/mol. The third-order valence-corrected chi connectivity index (χ3v) is 3.82. The molecule has 4 nitrogen and oxygen atoms in total. The minimum Gasteiger partial charge on any atom is -0.383 e. The Labute approximate surface area is 118 Å². The number of aromatic nitrogens is 2. The molecule has 5 heteroatoms. The highest BCUT2D eigenvalue weighted by atomic mass is 32.2. The van der Waals surface area contributed by atoms with Crippen LogP contribution >= 0.6 is 11.8 Å². The summed E-state index contributed by atoms with van der Waals surface area (Å²) >= 11 is 1.79. The van der Waals surface area contributed by atoms with Crippen molar-refractivity contribution in [3.8, 4) is 0 Å². The number of benzene rings is 1. The van der Waals surface area contributed by atoms with Gasteiger partial charge < -0.3 is 10.1 Å². The van der Waals surface area contributed by atoms with Crippen molar-refractivity contribution in [2.24, 2.45) is 0 Å². The molecule has 1 heterocycles. The van der Waals surface area contributed by atoms with Gasteiger partial charge in [0, 0.05) is 24.8 Å². The Hall–Kier alpha value is -1.17. The summed E-state index contributed by atoms with van der Waals surface area (Å²) in [7, 11) is 1.72. The highest BCUT2D eigenvalue weighted by Crippen LogP contribution is 2.24. The van der Waals surface area contributed by atoms with E-state index in [-0.39, 0.29) is 0 Å². The van der Waals surface area contributed by atoms with Crippen molar-refractivity contribution < 1.29 is 4.74 Å². The van der Waals surface area contributed by atoms with Crippen molar-refractivity contribution in [2.75, 3.05) is 32.6 Å². The van der Waals surface area contributed by atoms with Crippen molar-refractivity contribution in [2.45, 2.75) is 11.4 Å². The standard InChI is InChI=1S/C14H19N3OS/c1-18-9-8-15-7-4-10-19-14-12-5-2-3-6-13(12)16-11-17-14/h2-3,5-6,11,15H,4,7-10H2,1H3. The minimum atomic E-state index is 0.768. The van der Waals surface area contributed by atoms with Crippen LogP contribution in [0.15, 0.2) is 35.6 Å². The van der Waals surface area contributed by atoms with Gasteiger partial charge >= 0.3 is 0 Å². The van der Waals surface area contributed by atoms with Crippen molar-refractivity contribution in [3.63, 3.8) is 0 Å². The van der Waals surface area contributed by atoms with Gasteiger partial charge in [-0.2, -0.15) is 0 Å². The second-order valence-electron chi connectivity index (χ2n) is 4.14. The quantitative estimate of drug-likeness (QED) is 0.456. The van der Waals surface area contributed by atoms with Crippen LogP contribution in [-0.4, -0.2) is 42.5 Å². The molecule has 0 fully saturated rings. The van der Waals surface area contributed by atoms with Gasteiger partial charge in [0.15, 0.2) is 0 Å². The van der Waals surface area contributed by atoms with Gasteiger partial charge in [-0.05, 0) is 19.0 Å². The molecule has 102 valence electrons. The van der Waals surface area contributed by atoms with E-state index in [1.165, 1.54) is 0 Å². The lowest BCUT2D eigenvalue weighted by atomic mass is 10.2. The summed E-state index contributed by atoms with van der Waals surface area (Å²) in [5, 5.41) is 5.55. The van der Waals surface area contributed by atoms with E-state index in [4.69, 9.17) is 4.74 Å². The van der Waals surface area contributed by atoms with Crippen LogP contribution in [-0.2, 0) is 4.74 Å². The molecule has 0 atom stereocenters. The summed E-state index contributed by atoms with van der Waals surface area (Å²) in [6, 6.07) is 8.13. The van der Waals surface area contributed by atoms with Gasteiger partial charge in [-0.15, -0.1) is 11.8 Å². The maximum Gasteiger partial charge on any atom is 0.117 e. The minimum absolute atomic E-state index is 0.768. The Kier molecular flexibility index (Phi) is 6.07. The number of nitrogens with one attached hydrogen (secondary N) is 1. The van der Waals surface area contributed by atoms with Gasteiger partial charge in [0.1, 0.15) is 11.4 Å². The summed E-state index contributed by atoms with van der Waals surface area (Å²) < 4.78 is 4.98. The maximum atomic E-state index is 4.98. The Morgan fingerprint density at radius 1 is 1.21 bits per heavy atom. The van der Waals surface area contributed by atoms with Crippen molar-refractivity contribution >= 4 is 22.7 Å². The van der Waals surface area contributed by atoms with Gasteiger partial charge in [-0.1, -0.05) is 18.2 Å². The molecule has 1 aromatic heterocycles. The third-order valence-electron chi connectivity index (χ3n) is 2.73. The van der Waals surface area contributed by atoms with E-state index in [0.717, 1.165) is 47.8 Å². The normalized spacial score (nSPS) is 11.0. The van der Waals surface area contributed by atoms with E-state index in [2.05, 4.69) is 21.4 Å². The predicted molar refractivity (Wildman–Crippen MR) is 79.6 cm³/mol.